The van der Waals surface area contributed by atoms with Gasteiger partial charge in [0.1, 0.15) is 11.6 Å². The molecule has 3 nitrogen and oxygen atoms in total. The lowest BCUT2D eigenvalue weighted by Crippen LogP contribution is -2.35. The highest BCUT2D eigenvalue weighted by molar-refractivity contribution is 5.94. The Kier molecular flexibility index (Phi) is 3.74. The van der Waals surface area contributed by atoms with Crippen molar-refractivity contribution in [1.82, 2.24) is 5.32 Å². The van der Waals surface area contributed by atoms with Crippen LogP contribution in [0, 0.1) is 11.6 Å². The summed E-state index contributed by atoms with van der Waals surface area (Å²) >= 11 is 0. The molecule has 1 amide bonds. The Balaban J connectivity index is 2.82. The summed E-state index contributed by atoms with van der Waals surface area (Å²) in [5.74, 6) is -2.33. The summed E-state index contributed by atoms with van der Waals surface area (Å²) in [6.07, 6.45) is 0. The highest BCUT2D eigenvalue weighted by atomic mass is 19.1. The third-order valence-corrected chi connectivity index (χ3v) is 1.83. The minimum atomic E-state index is -0.919. The smallest absolute Gasteiger partial charge is 0.254 e. The lowest BCUT2D eigenvalue weighted by Gasteiger charge is -2.10. The van der Waals surface area contributed by atoms with E-state index in [1.807, 2.05) is 0 Å². The lowest BCUT2D eigenvalue weighted by molar-refractivity contribution is 0.0918. The zero-order valence-electron chi connectivity index (χ0n) is 8.13. The highest BCUT2D eigenvalue weighted by Gasteiger charge is 2.13. The fourth-order valence-corrected chi connectivity index (χ4v) is 1.02. The van der Waals surface area contributed by atoms with Gasteiger partial charge in [-0.15, -0.1) is 0 Å². The number of aliphatic hydroxyl groups is 1. The second-order valence-electron chi connectivity index (χ2n) is 3.18. The van der Waals surface area contributed by atoms with Crippen molar-refractivity contribution in [2.75, 3.05) is 6.61 Å². The quantitative estimate of drug-likeness (QED) is 0.792. The topological polar surface area (TPSA) is 49.3 Å². The predicted molar refractivity (Wildman–Crippen MR) is 50.4 cm³/mol. The van der Waals surface area contributed by atoms with Gasteiger partial charge in [-0.2, -0.15) is 0 Å². The molecule has 0 heterocycles. The second-order valence-corrected chi connectivity index (χ2v) is 3.18. The molecule has 1 rings (SSSR count). The van der Waals surface area contributed by atoms with E-state index in [4.69, 9.17) is 5.11 Å². The van der Waals surface area contributed by atoms with E-state index in [2.05, 4.69) is 5.32 Å². The van der Waals surface area contributed by atoms with Gasteiger partial charge in [-0.25, -0.2) is 8.78 Å². The molecule has 0 aromatic heterocycles. The van der Waals surface area contributed by atoms with Gasteiger partial charge in [-0.1, -0.05) is 0 Å². The number of carbonyl (C=O) groups is 1. The molecule has 5 heteroatoms. The molecule has 15 heavy (non-hydrogen) atoms. The first kappa shape index (κ1) is 11.6. The maximum absolute atomic E-state index is 13.1. The Bertz CT molecular complexity index is 368. The molecule has 0 saturated heterocycles. The maximum Gasteiger partial charge on any atom is 0.254 e. The molecule has 0 bridgehead atoms. The lowest BCUT2D eigenvalue weighted by atomic mass is 10.2. The average molecular weight is 215 g/mol. The molecule has 1 unspecified atom stereocenters. The number of nitrogens with one attached hydrogen (secondary N) is 1. The van der Waals surface area contributed by atoms with Gasteiger partial charge in [0.15, 0.2) is 0 Å². The standard InChI is InChI=1S/C10H11F2NO2/c1-6(5-14)13-10(15)8-3-2-7(11)4-9(8)12/h2-4,6,14H,5H2,1H3,(H,13,15). The second kappa shape index (κ2) is 4.84. The Morgan fingerprint density at radius 1 is 1.53 bits per heavy atom. The predicted octanol–water partition coefficient (Wildman–Crippen LogP) is 1.08. The van der Waals surface area contributed by atoms with Crippen LogP contribution in [0.15, 0.2) is 18.2 Å². The third-order valence-electron chi connectivity index (χ3n) is 1.83. The van der Waals surface area contributed by atoms with Crippen molar-refractivity contribution >= 4 is 5.91 Å². The molecular formula is C10H11F2NO2. The van der Waals surface area contributed by atoms with Gasteiger partial charge in [0.05, 0.1) is 12.2 Å². The van der Waals surface area contributed by atoms with E-state index in [0.717, 1.165) is 12.1 Å². The van der Waals surface area contributed by atoms with E-state index >= 15 is 0 Å². The number of benzene rings is 1. The number of carbonyl (C=O) groups excluding carboxylic acids is 1. The van der Waals surface area contributed by atoms with E-state index in [0.29, 0.717) is 6.07 Å². The Morgan fingerprint density at radius 3 is 2.73 bits per heavy atom. The Hall–Kier alpha value is -1.49. The van der Waals surface area contributed by atoms with Crippen LogP contribution in [0.5, 0.6) is 0 Å². The minimum Gasteiger partial charge on any atom is -0.394 e. The first-order valence-corrected chi connectivity index (χ1v) is 4.41. The van der Waals surface area contributed by atoms with Crippen LogP contribution in [0.1, 0.15) is 17.3 Å². The van der Waals surface area contributed by atoms with Crippen LogP contribution in [0.25, 0.3) is 0 Å². The van der Waals surface area contributed by atoms with Gasteiger partial charge in [0, 0.05) is 12.1 Å². The Labute approximate surface area is 85.7 Å². The summed E-state index contributed by atoms with van der Waals surface area (Å²) in [6, 6.07) is 2.23. The Morgan fingerprint density at radius 2 is 2.20 bits per heavy atom. The van der Waals surface area contributed by atoms with E-state index in [1.165, 1.54) is 0 Å². The monoisotopic (exact) mass is 215 g/mol. The molecule has 1 atom stereocenters. The van der Waals surface area contributed by atoms with Gasteiger partial charge in [-0.05, 0) is 19.1 Å². The first-order valence-electron chi connectivity index (χ1n) is 4.41. The van der Waals surface area contributed by atoms with Crippen LogP contribution in [-0.4, -0.2) is 23.7 Å². The number of halogens is 2. The maximum atomic E-state index is 13.1. The molecule has 0 fully saturated rings. The van der Waals surface area contributed by atoms with Crippen molar-refractivity contribution in [3.05, 3.63) is 35.4 Å². The van der Waals surface area contributed by atoms with Crippen molar-refractivity contribution in [2.24, 2.45) is 0 Å². The minimum absolute atomic E-state index is 0.239. The number of aliphatic hydroxyl groups excluding tert-OH is 1. The number of hydrogen-bond acceptors (Lipinski definition) is 2. The molecule has 0 aliphatic carbocycles. The summed E-state index contributed by atoms with van der Waals surface area (Å²) in [5, 5.41) is 11.0. The van der Waals surface area contributed by atoms with Gasteiger partial charge in [0.25, 0.3) is 5.91 Å². The van der Waals surface area contributed by atoms with Crippen LogP contribution in [0.3, 0.4) is 0 Å². The molecule has 0 saturated carbocycles. The normalized spacial score (nSPS) is 12.3. The van der Waals surface area contributed by atoms with Gasteiger partial charge < -0.3 is 10.4 Å². The van der Waals surface area contributed by atoms with Gasteiger partial charge >= 0.3 is 0 Å². The van der Waals surface area contributed by atoms with E-state index < -0.39 is 23.6 Å². The average Bonchev–Trinajstić information content (AvgIpc) is 2.17. The summed E-state index contributed by atoms with van der Waals surface area (Å²) in [5.41, 5.74) is -0.239. The number of rotatable bonds is 3. The zero-order valence-corrected chi connectivity index (χ0v) is 8.13. The van der Waals surface area contributed by atoms with Gasteiger partial charge in [-0.3, -0.25) is 4.79 Å². The van der Waals surface area contributed by atoms with Crippen molar-refractivity contribution < 1.29 is 18.7 Å². The zero-order chi connectivity index (χ0) is 11.4. The summed E-state index contributed by atoms with van der Waals surface area (Å²) in [4.78, 5) is 11.4. The summed E-state index contributed by atoms with van der Waals surface area (Å²) in [6.45, 7) is 1.33. The molecule has 1 aromatic rings. The van der Waals surface area contributed by atoms with Crippen LogP contribution in [0.4, 0.5) is 8.78 Å². The van der Waals surface area contributed by atoms with Crippen molar-refractivity contribution in [3.8, 4) is 0 Å². The summed E-state index contributed by atoms with van der Waals surface area (Å²) in [7, 11) is 0. The molecule has 2 N–H and O–H groups in total. The number of amides is 1. The molecule has 82 valence electrons. The SMILES string of the molecule is CC(CO)NC(=O)c1ccc(F)cc1F. The van der Waals surface area contributed by atoms with Gasteiger partial charge in [0.2, 0.25) is 0 Å². The fourth-order valence-electron chi connectivity index (χ4n) is 1.02. The van der Waals surface area contributed by atoms with Crippen LogP contribution < -0.4 is 5.32 Å². The van der Waals surface area contributed by atoms with E-state index in [9.17, 15) is 13.6 Å². The summed E-state index contributed by atoms with van der Waals surface area (Å²) < 4.78 is 25.6. The van der Waals surface area contributed by atoms with E-state index in [-0.39, 0.29) is 12.2 Å². The first-order chi connectivity index (χ1) is 7.04. The van der Waals surface area contributed by atoms with Crippen LogP contribution in [-0.2, 0) is 0 Å². The molecule has 0 radical (unpaired) electrons. The molecule has 1 aromatic carbocycles. The number of hydrogen-bond donors (Lipinski definition) is 2. The molecule has 0 aliphatic rings. The molecule has 0 spiro atoms. The van der Waals surface area contributed by atoms with Crippen molar-refractivity contribution in [2.45, 2.75) is 13.0 Å². The fraction of sp³-hybridized carbons (Fsp3) is 0.300. The molecular weight excluding hydrogens is 204 g/mol. The van der Waals surface area contributed by atoms with Crippen molar-refractivity contribution in [1.29, 1.82) is 0 Å². The largest absolute Gasteiger partial charge is 0.394 e. The van der Waals surface area contributed by atoms with Crippen LogP contribution >= 0.6 is 0 Å². The van der Waals surface area contributed by atoms with Crippen LogP contribution in [0.2, 0.25) is 0 Å². The third kappa shape index (κ3) is 2.99. The molecule has 0 aliphatic heterocycles. The van der Waals surface area contributed by atoms with Crippen molar-refractivity contribution in [3.63, 3.8) is 0 Å². The van der Waals surface area contributed by atoms with E-state index in [1.54, 1.807) is 6.92 Å². The highest BCUT2D eigenvalue weighted by Crippen LogP contribution is 2.09.